The molecule has 108 valence electrons. The summed E-state index contributed by atoms with van der Waals surface area (Å²) in [6.45, 7) is 1.82. The lowest BCUT2D eigenvalue weighted by Crippen LogP contribution is -2.19. The number of halogens is 1. The average molecular weight is 278 g/mol. The lowest BCUT2D eigenvalue weighted by molar-refractivity contribution is 0.0159. The lowest BCUT2D eigenvalue weighted by Gasteiger charge is -2.10. The van der Waals surface area contributed by atoms with Gasteiger partial charge in [-0.05, 0) is 37.0 Å². The summed E-state index contributed by atoms with van der Waals surface area (Å²) in [5.74, 6) is 0. The number of nitriles is 1. The van der Waals surface area contributed by atoms with Crippen molar-refractivity contribution in [1.29, 1.82) is 5.26 Å². The summed E-state index contributed by atoms with van der Waals surface area (Å²) in [6.07, 6.45) is 0.625. The van der Waals surface area contributed by atoms with Gasteiger partial charge >= 0.3 is 6.09 Å². The molecule has 1 N–H and O–H groups in total. The molecule has 1 aromatic carbocycles. The number of hydrogen-bond acceptors (Lipinski definition) is 3. The third kappa shape index (κ3) is 6.19. The van der Waals surface area contributed by atoms with Crippen LogP contribution in [0.4, 0.5) is 14.9 Å². The third-order valence-electron chi connectivity index (χ3n) is 2.70. The van der Waals surface area contributed by atoms with Gasteiger partial charge in [0.15, 0.2) is 0 Å². The van der Waals surface area contributed by atoms with Crippen molar-refractivity contribution in [3.8, 4) is 6.07 Å². The Morgan fingerprint density at radius 3 is 2.75 bits per heavy atom. The molecule has 0 aliphatic carbocycles. The van der Waals surface area contributed by atoms with Gasteiger partial charge in [-0.3, -0.25) is 5.32 Å². The molecule has 0 aliphatic rings. The largest absolute Gasteiger partial charge is 0.415 e. The Labute approximate surface area is 118 Å². The molecule has 1 amide bonds. The smallest absolute Gasteiger partial charge is 0.414 e. The van der Waals surface area contributed by atoms with Gasteiger partial charge in [0.05, 0.1) is 6.07 Å². The van der Waals surface area contributed by atoms with E-state index in [1.807, 2.05) is 19.1 Å². The summed E-state index contributed by atoms with van der Waals surface area (Å²) in [5, 5.41) is 10.9. The van der Waals surface area contributed by atoms with Crippen molar-refractivity contribution in [1.82, 2.24) is 0 Å². The van der Waals surface area contributed by atoms with Gasteiger partial charge in [0, 0.05) is 18.5 Å². The first-order valence-corrected chi connectivity index (χ1v) is 6.73. The molecule has 0 saturated carbocycles. The standard InChI is InChI=1S/C15H19FN2O2/c1-2-5-14(16)20-15(19)18-13-9-7-12(8-10-13)6-3-4-11-17/h7-10,14H,2-6H2,1H3,(H,18,19). The molecule has 0 radical (unpaired) electrons. The van der Waals surface area contributed by atoms with Gasteiger partial charge in [-0.25, -0.2) is 9.18 Å². The fourth-order valence-electron chi connectivity index (χ4n) is 1.68. The molecule has 1 unspecified atom stereocenters. The molecule has 0 saturated heterocycles. The number of aryl methyl sites for hydroxylation is 1. The van der Waals surface area contributed by atoms with Gasteiger partial charge in [0.2, 0.25) is 6.36 Å². The van der Waals surface area contributed by atoms with Crippen LogP contribution in [-0.2, 0) is 11.2 Å². The molecule has 4 nitrogen and oxygen atoms in total. The number of alkyl halides is 1. The predicted molar refractivity (Wildman–Crippen MR) is 74.9 cm³/mol. The first kappa shape index (κ1) is 16.0. The summed E-state index contributed by atoms with van der Waals surface area (Å²) in [7, 11) is 0. The Kier molecular flexibility index (Phi) is 7.12. The number of amides is 1. The van der Waals surface area contributed by atoms with Crippen LogP contribution in [0.2, 0.25) is 0 Å². The fourth-order valence-corrected chi connectivity index (χ4v) is 1.68. The number of anilines is 1. The molecule has 0 bridgehead atoms. The zero-order valence-corrected chi connectivity index (χ0v) is 11.6. The summed E-state index contributed by atoms with van der Waals surface area (Å²) in [4.78, 5) is 11.4. The molecule has 0 heterocycles. The van der Waals surface area contributed by atoms with Crippen LogP contribution in [0.25, 0.3) is 0 Å². The van der Waals surface area contributed by atoms with Gasteiger partial charge in [-0.2, -0.15) is 5.26 Å². The zero-order chi connectivity index (χ0) is 14.8. The van der Waals surface area contributed by atoms with E-state index < -0.39 is 12.5 Å². The minimum Gasteiger partial charge on any atom is -0.415 e. The van der Waals surface area contributed by atoms with E-state index in [1.165, 1.54) is 0 Å². The maximum atomic E-state index is 13.1. The number of carbonyl (C=O) groups is 1. The molecule has 0 spiro atoms. The van der Waals surface area contributed by atoms with Gasteiger partial charge in [-0.1, -0.05) is 19.1 Å². The van der Waals surface area contributed by atoms with Crippen LogP contribution < -0.4 is 5.32 Å². The van der Waals surface area contributed by atoms with E-state index in [0.29, 0.717) is 18.5 Å². The second kappa shape index (κ2) is 8.92. The summed E-state index contributed by atoms with van der Waals surface area (Å²) in [5.41, 5.74) is 1.65. The SMILES string of the molecule is CCCC(F)OC(=O)Nc1ccc(CCCC#N)cc1. The molecular weight excluding hydrogens is 259 g/mol. The molecule has 0 aromatic heterocycles. The van der Waals surface area contributed by atoms with Crippen LogP contribution >= 0.6 is 0 Å². The van der Waals surface area contributed by atoms with Crippen molar-refractivity contribution in [2.45, 2.75) is 45.4 Å². The maximum Gasteiger partial charge on any atom is 0.414 e. The number of rotatable bonds is 7. The monoisotopic (exact) mass is 278 g/mol. The van der Waals surface area contributed by atoms with Crippen LogP contribution in [0.5, 0.6) is 0 Å². The van der Waals surface area contributed by atoms with Crippen molar-refractivity contribution in [2.24, 2.45) is 0 Å². The summed E-state index contributed by atoms with van der Waals surface area (Å²) >= 11 is 0. The van der Waals surface area contributed by atoms with Crippen LogP contribution in [0, 0.1) is 11.3 Å². The highest BCUT2D eigenvalue weighted by Crippen LogP contribution is 2.13. The van der Waals surface area contributed by atoms with Gasteiger partial charge < -0.3 is 4.74 Å². The van der Waals surface area contributed by atoms with E-state index in [0.717, 1.165) is 18.4 Å². The fraction of sp³-hybridized carbons (Fsp3) is 0.467. The molecule has 1 atom stereocenters. The van der Waals surface area contributed by atoms with Crippen LogP contribution in [0.1, 0.15) is 38.2 Å². The average Bonchev–Trinajstić information content (AvgIpc) is 2.41. The first-order valence-electron chi connectivity index (χ1n) is 6.73. The Morgan fingerprint density at radius 2 is 2.15 bits per heavy atom. The number of hydrogen-bond donors (Lipinski definition) is 1. The molecule has 0 fully saturated rings. The first-order chi connectivity index (χ1) is 9.65. The van der Waals surface area contributed by atoms with Crippen molar-refractivity contribution in [2.75, 3.05) is 5.32 Å². The van der Waals surface area contributed by atoms with Gasteiger partial charge in [-0.15, -0.1) is 0 Å². The van der Waals surface area contributed by atoms with Crippen molar-refractivity contribution in [3.05, 3.63) is 29.8 Å². The summed E-state index contributed by atoms with van der Waals surface area (Å²) < 4.78 is 17.6. The number of nitrogens with one attached hydrogen (secondary N) is 1. The van der Waals surface area contributed by atoms with E-state index in [2.05, 4.69) is 16.1 Å². The lowest BCUT2D eigenvalue weighted by atomic mass is 10.1. The topological polar surface area (TPSA) is 62.1 Å². The molecule has 1 aromatic rings. The molecular formula is C15H19FN2O2. The normalized spacial score (nSPS) is 11.4. The molecule has 20 heavy (non-hydrogen) atoms. The van der Waals surface area contributed by atoms with Gasteiger partial charge in [0.1, 0.15) is 0 Å². The highest BCUT2D eigenvalue weighted by Gasteiger charge is 2.11. The Morgan fingerprint density at radius 1 is 1.45 bits per heavy atom. The number of unbranched alkanes of at least 4 members (excludes halogenated alkanes) is 1. The molecule has 5 heteroatoms. The van der Waals surface area contributed by atoms with Crippen molar-refractivity contribution < 1.29 is 13.9 Å². The summed E-state index contributed by atoms with van der Waals surface area (Å²) in [6, 6.07) is 9.29. The van der Waals surface area contributed by atoms with E-state index in [-0.39, 0.29) is 6.42 Å². The minimum absolute atomic E-state index is 0.200. The molecule has 1 rings (SSSR count). The number of carbonyl (C=O) groups excluding carboxylic acids is 1. The van der Waals surface area contributed by atoms with E-state index in [1.54, 1.807) is 12.1 Å². The van der Waals surface area contributed by atoms with E-state index in [4.69, 9.17) is 5.26 Å². The zero-order valence-electron chi connectivity index (χ0n) is 11.6. The van der Waals surface area contributed by atoms with Crippen LogP contribution in [-0.4, -0.2) is 12.5 Å². The van der Waals surface area contributed by atoms with Crippen LogP contribution in [0.3, 0.4) is 0 Å². The molecule has 0 aliphatic heterocycles. The second-order valence-electron chi connectivity index (χ2n) is 4.44. The van der Waals surface area contributed by atoms with Crippen molar-refractivity contribution in [3.63, 3.8) is 0 Å². The highest BCUT2D eigenvalue weighted by atomic mass is 19.1. The minimum atomic E-state index is -1.56. The quantitative estimate of drug-likeness (QED) is 0.761. The predicted octanol–water partition coefficient (Wildman–Crippen LogP) is 4.18. The van der Waals surface area contributed by atoms with E-state index in [9.17, 15) is 9.18 Å². The third-order valence-corrected chi connectivity index (χ3v) is 2.70. The number of benzene rings is 1. The van der Waals surface area contributed by atoms with Crippen molar-refractivity contribution >= 4 is 11.8 Å². The maximum absolute atomic E-state index is 13.1. The van der Waals surface area contributed by atoms with Crippen LogP contribution in [0.15, 0.2) is 24.3 Å². The van der Waals surface area contributed by atoms with E-state index >= 15 is 0 Å². The second-order valence-corrected chi connectivity index (χ2v) is 4.44. The number of ether oxygens (including phenoxy) is 1. The van der Waals surface area contributed by atoms with Gasteiger partial charge in [0.25, 0.3) is 0 Å². The number of nitrogens with zero attached hydrogens (tertiary/aromatic N) is 1. The Bertz CT molecular complexity index is 454. The highest BCUT2D eigenvalue weighted by molar-refractivity contribution is 5.84. The Hall–Kier alpha value is -2.09. The Balaban J connectivity index is 2.41.